The number of aromatic nitrogens is 3. The number of carbonyl (C=O) groups excluding carboxylic acids is 1. The maximum absolute atomic E-state index is 12.4. The summed E-state index contributed by atoms with van der Waals surface area (Å²) in [5.74, 6) is 1.48. The average molecular weight is 365 g/mol. The molecule has 7 nitrogen and oxygen atoms in total. The van der Waals surface area contributed by atoms with Crippen molar-refractivity contribution in [3.8, 4) is 5.75 Å². The van der Waals surface area contributed by atoms with E-state index in [0.29, 0.717) is 12.1 Å². The van der Waals surface area contributed by atoms with Gasteiger partial charge in [-0.25, -0.2) is 0 Å². The second-order valence-corrected chi connectivity index (χ2v) is 6.41. The molecule has 1 N–H and O–H groups in total. The molecule has 140 valence electrons. The molecule has 2 aromatic carbocycles. The van der Waals surface area contributed by atoms with Crippen molar-refractivity contribution in [2.75, 3.05) is 19.5 Å². The van der Waals surface area contributed by atoms with E-state index >= 15 is 0 Å². The van der Waals surface area contributed by atoms with E-state index in [1.165, 1.54) is 0 Å². The van der Waals surface area contributed by atoms with E-state index in [9.17, 15) is 4.79 Å². The smallest absolute Gasteiger partial charge is 0.255 e. The summed E-state index contributed by atoms with van der Waals surface area (Å²) in [4.78, 5) is 14.6. The minimum absolute atomic E-state index is 0.151. The Balaban J connectivity index is 1.62. The Morgan fingerprint density at radius 3 is 2.63 bits per heavy atom. The van der Waals surface area contributed by atoms with Gasteiger partial charge in [0.15, 0.2) is 0 Å². The minimum atomic E-state index is -0.151. The second-order valence-electron chi connectivity index (χ2n) is 6.41. The van der Waals surface area contributed by atoms with Crippen LogP contribution in [-0.2, 0) is 20.1 Å². The molecule has 0 unspecified atom stereocenters. The van der Waals surface area contributed by atoms with Crippen LogP contribution in [0.1, 0.15) is 21.7 Å². The number of carbonyl (C=O) groups is 1. The van der Waals surface area contributed by atoms with Gasteiger partial charge in [-0.05, 0) is 49.0 Å². The molecule has 0 fully saturated rings. The van der Waals surface area contributed by atoms with E-state index in [1.54, 1.807) is 37.7 Å². The van der Waals surface area contributed by atoms with Gasteiger partial charge in [-0.2, -0.15) is 0 Å². The molecule has 0 saturated carbocycles. The van der Waals surface area contributed by atoms with Crippen LogP contribution in [0, 0.1) is 0 Å². The molecule has 27 heavy (non-hydrogen) atoms. The third-order valence-electron chi connectivity index (χ3n) is 4.21. The van der Waals surface area contributed by atoms with E-state index in [4.69, 9.17) is 4.74 Å². The Morgan fingerprint density at radius 1 is 1.19 bits per heavy atom. The van der Waals surface area contributed by atoms with Crippen molar-refractivity contribution in [1.82, 2.24) is 19.7 Å². The van der Waals surface area contributed by atoms with Crippen molar-refractivity contribution >= 4 is 11.6 Å². The number of amides is 1. The number of rotatable bonds is 7. The molecule has 0 bridgehead atoms. The lowest BCUT2D eigenvalue weighted by Gasteiger charge is -2.16. The molecular formula is C20H23N5O2. The standard InChI is InChI=1S/C20H23N5O2/c1-24(13-19-23-21-14-25(19)2)12-15-5-4-6-17(11-15)22-20(26)16-7-9-18(27-3)10-8-16/h4-11,14H,12-13H2,1-3H3,(H,22,26). The monoisotopic (exact) mass is 365 g/mol. The summed E-state index contributed by atoms with van der Waals surface area (Å²) in [6.45, 7) is 1.43. The van der Waals surface area contributed by atoms with Crippen LogP contribution in [0.3, 0.4) is 0 Å². The molecule has 3 aromatic rings. The number of benzene rings is 2. The fourth-order valence-electron chi connectivity index (χ4n) is 2.75. The summed E-state index contributed by atoms with van der Waals surface area (Å²) in [5, 5.41) is 10.9. The number of aryl methyl sites for hydroxylation is 1. The van der Waals surface area contributed by atoms with Gasteiger partial charge < -0.3 is 14.6 Å². The number of nitrogens with one attached hydrogen (secondary N) is 1. The van der Waals surface area contributed by atoms with E-state index in [-0.39, 0.29) is 5.91 Å². The first-order valence-electron chi connectivity index (χ1n) is 8.61. The zero-order chi connectivity index (χ0) is 19.2. The first-order valence-corrected chi connectivity index (χ1v) is 8.61. The number of ether oxygens (including phenoxy) is 1. The van der Waals surface area contributed by atoms with Crippen molar-refractivity contribution < 1.29 is 9.53 Å². The maximum atomic E-state index is 12.4. The molecule has 0 spiro atoms. The molecular weight excluding hydrogens is 342 g/mol. The molecule has 0 saturated heterocycles. The summed E-state index contributed by atoms with van der Waals surface area (Å²) in [5.41, 5.74) is 2.45. The molecule has 0 aliphatic carbocycles. The van der Waals surface area contributed by atoms with Crippen molar-refractivity contribution in [1.29, 1.82) is 0 Å². The molecule has 3 rings (SSSR count). The molecule has 1 aromatic heterocycles. The Bertz CT molecular complexity index is 905. The van der Waals surface area contributed by atoms with Crippen molar-refractivity contribution in [2.24, 2.45) is 7.05 Å². The van der Waals surface area contributed by atoms with Gasteiger partial charge in [0, 0.05) is 24.8 Å². The average Bonchev–Trinajstić information content (AvgIpc) is 3.06. The van der Waals surface area contributed by atoms with Gasteiger partial charge in [-0.15, -0.1) is 10.2 Å². The van der Waals surface area contributed by atoms with Crippen molar-refractivity contribution in [2.45, 2.75) is 13.1 Å². The SMILES string of the molecule is COc1ccc(C(=O)Nc2cccc(CN(C)Cc3nncn3C)c2)cc1. The van der Waals surface area contributed by atoms with E-state index in [2.05, 4.69) is 20.4 Å². The number of hydrogen-bond acceptors (Lipinski definition) is 5. The van der Waals surface area contributed by atoms with Gasteiger partial charge in [-0.3, -0.25) is 9.69 Å². The summed E-state index contributed by atoms with van der Waals surface area (Å²) in [6.07, 6.45) is 1.69. The number of hydrogen-bond donors (Lipinski definition) is 1. The van der Waals surface area contributed by atoms with E-state index in [0.717, 1.165) is 29.4 Å². The summed E-state index contributed by atoms with van der Waals surface area (Å²) in [6, 6.07) is 14.9. The number of nitrogens with zero attached hydrogens (tertiary/aromatic N) is 4. The Labute approximate surface area is 158 Å². The minimum Gasteiger partial charge on any atom is -0.497 e. The molecule has 7 heteroatoms. The largest absolute Gasteiger partial charge is 0.497 e. The fraction of sp³-hybridized carbons (Fsp3) is 0.250. The van der Waals surface area contributed by atoms with Gasteiger partial charge >= 0.3 is 0 Å². The van der Waals surface area contributed by atoms with Crippen molar-refractivity contribution in [3.63, 3.8) is 0 Å². The van der Waals surface area contributed by atoms with Gasteiger partial charge in [0.1, 0.15) is 17.9 Å². The third kappa shape index (κ3) is 4.92. The van der Waals surface area contributed by atoms with E-state index < -0.39 is 0 Å². The van der Waals surface area contributed by atoms with Crippen molar-refractivity contribution in [3.05, 3.63) is 71.8 Å². The zero-order valence-corrected chi connectivity index (χ0v) is 15.7. The Kier molecular flexibility index (Phi) is 5.83. The lowest BCUT2D eigenvalue weighted by molar-refractivity contribution is 0.102. The highest BCUT2D eigenvalue weighted by atomic mass is 16.5. The predicted octanol–water partition coefficient (Wildman–Crippen LogP) is 2.71. The normalized spacial score (nSPS) is 10.8. The summed E-state index contributed by atoms with van der Waals surface area (Å²) >= 11 is 0. The predicted molar refractivity (Wildman–Crippen MR) is 104 cm³/mol. The van der Waals surface area contributed by atoms with Gasteiger partial charge in [-0.1, -0.05) is 12.1 Å². The van der Waals surface area contributed by atoms with Crippen LogP contribution in [0.25, 0.3) is 0 Å². The van der Waals surface area contributed by atoms with Crippen LogP contribution < -0.4 is 10.1 Å². The highest BCUT2D eigenvalue weighted by molar-refractivity contribution is 6.04. The molecule has 1 heterocycles. The zero-order valence-electron chi connectivity index (χ0n) is 15.7. The molecule has 0 aliphatic rings. The molecule has 0 aliphatic heterocycles. The molecule has 0 radical (unpaired) electrons. The number of anilines is 1. The van der Waals surface area contributed by atoms with Gasteiger partial charge in [0.05, 0.1) is 13.7 Å². The second kappa shape index (κ2) is 8.46. The molecule has 0 atom stereocenters. The van der Waals surface area contributed by atoms with E-state index in [1.807, 2.05) is 42.9 Å². The number of methoxy groups -OCH3 is 1. The summed E-state index contributed by atoms with van der Waals surface area (Å²) < 4.78 is 7.02. The maximum Gasteiger partial charge on any atom is 0.255 e. The van der Waals surface area contributed by atoms with Gasteiger partial charge in [0.25, 0.3) is 5.91 Å². The van der Waals surface area contributed by atoms with Gasteiger partial charge in [0.2, 0.25) is 0 Å². The quantitative estimate of drug-likeness (QED) is 0.697. The lowest BCUT2D eigenvalue weighted by Crippen LogP contribution is -2.19. The van der Waals surface area contributed by atoms with Crippen LogP contribution in [0.4, 0.5) is 5.69 Å². The highest BCUT2D eigenvalue weighted by Gasteiger charge is 2.09. The van der Waals surface area contributed by atoms with Crippen LogP contribution >= 0.6 is 0 Å². The lowest BCUT2D eigenvalue weighted by atomic mass is 10.1. The van der Waals surface area contributed by atoms with Crippen LogP contribution in [-0.4, -0.2) is 39.7 Å². The first kappa shape index (κ1) is 18.6. The van der Waals surface area contributed by atoms with Crippen LogP contribution in [0.15, 0.2) is 54.9 Å². The highest BCUT2D eigenvalue weighted by Crippen LogP contribution is 2.16. The first-order chi connectivity index (χ1) is 13.0. The summed E-state index contributed by atoms with van der Waals surface area (Å²) in [7, 11) is 5.55. The fourth-order valence-corrected chi connectivity index (χ4v) is 2.75. The van der Waals surface area contributed by atoms with Crippen LogP contribution in [0.5, 0.6) is 5.75 Å². The molecule has 1 amide bonds. The third-order valence-corrected chi connectivity index (χ3v) is 4.21. The Hall–Kier alpha value is -3.19. The Morgan fingerprint density at radius 2 is 1.96 bits per heavy atom. The topological polar surface area (TPSA) is 72.3 Å². The van der Waals surface area contributed by atoms with Crippen LogP contribution in [0.2, 0.25) is 0 Å².